The Bertz CT molecular complexity index is 1150. The van der Waals surface area contributed by atoms with Gasteiger partial charge in [-0.3, -0.25) is 14.4 Å². The highest BCUT2D eigenvalue weighted by Crippen LogP contribution is 2.21. The molecule has 9 heteroatoms. The van der Waals surface area contributed by atoms with E-state index in [-0.39, 0.29) is 29.3 Å². The van der Waals surface area contributed by atoms with Gasteiger partial charge in [-0.25, -0.2) is 4.39 Å². The van der Waals surface area contributed by atoms with Gasteiger partial charge in [0, 0.05) is 49.4 Å². The highest BCUT2D eigenvalue weighted by Gasteiger charge is 2.25. The molecule has 156 valence electrons. The Kier molecular flexibility index (Phi) is 5.54. The molecule has 3 aromatic rings. The van der Waals surface area contributed by atoms with Gasteiger partial charge in [0.1, 0.15) is 5.82 Å². The van der Waals surface area contributed by atoms with Crippen LogP contribution in [0.3, 0.4) is 0 Å². The summed E-state index contributed by atoms with van der Waals surface area (Å²) in [4.78, 5) is 44.1. The number of carbonyl (C=O) groups excluding carboxylic acids is 2. The predicted octanol–water partition coefficient (Wildman–Crippen LogP) is 2.23. The molecule has 4 rings (SSSR count). The van der Waals surface area contributed by atoms with Crippen LogP contribution in [0.15, 0.2) is 40.5 Å². The van der Waals surface area contributed by atoms with E-state index in [1.807, 2.05) is 11.4 Å². The van der Waals surface area contributed by atoms with Crippen molar-refractivity contribution in [2.24, 2.45) is 0 Å². The molecule has 0 saturated carbocycles. The van der Waals surface area contributed by atoms with Crippen molar-refractivity contribution in [2.45, 2.75) is 12.8 Å². The number of anilines is 1. The van der Waals surface area contributed by atoms with Crippen molar-refractivity contribution >= 4 is 39.6 Å². The number of thiophene rings is 1. The molecule has 1 fully saturated rings. The first-order valence-corrected chi connectivity index (χ1v) is 10.5. The summed E-state index contributed by atoms with van der Waals surface area (Å²) in [5.41, 5.74) is 6.18. The van der Waals surface area contributed by atoms with Crippen LogP contribution in [-0.2, 0) is 11.2 Å². The summed E-state index contributed by atoms with van der Waals surface area (Å²) in [5.74, 6) is -0.601. The topological polar surface area (TPSA) is 99.5 Å². The van der Waals surface area contributed by atoms with E-state index in [2.05, 4.69) is 4.98 Å². The number of benzene rings is 1. The molecule has 1 aromatic carbocycles. The average molecular weight is 428 g/mol. The number of nitrogen functional groups attached to an aromatic ring is 1. The molecule has 0 radical (unpaired) electrons. The van der Waals surface area contributed by atoms with Crippen molar-refractivity contribution in [3.05, 3.63) is 62.5 Å². The number of nitrogens with two attached hydrogens (primary N) is 1. The number of H-pyrrole nitrogens is 1. The molecule has 7 nitrogen and oxygen atoms in total. The first-order chi connectivity index (χ1) is 14.4. The number of hydrogen-bond acceptors (Lipinski definition) is 5. The fraction of sp³-hybridized carbons (Fsp3) is 0.286. The Labute approximate surface area is 175 Å². The number of halogens is 1. The second-order valence-electron chi connectivity index (χ2n) is 7.23. The van der Waals surface area contributed by atoms with Crippen molar-refractivity contribution < 1.29 is 14.0 Å². The van der Waals surface area contributed by atoms with E-state index in [9.17, 15) is 18.8 Å². The summed E-state index contributed by atoms with van der Waals surface area (Å²) in [7, 11) is 0. The number of carbonyl (C=O) groups is 2. The van der Waals surface area contributed by atoms with Gasteiger partial charge < -0.3 is 20.5 Å². The number of nitrogens with zero attached hydrogens (tertiary/aromatic N) is 2. The largest absolute Gasteiger partial charge is 0.398 e. The maximum absolute atomic E-state index is 13.5. The zero-order valence-corrected chi connectivity index (χ0v) is 17.0. The van der Waals surface area contributed by atoms with Crippen LogP contribution in [0.4, 0.5) is 10.1 Å². The third-order valence-electron chi connectivity index (χ3n) is 5.27. The first-order valence-electron chi connectivity index (χ1n) is 9.64. The summed E-state index contributed by atoms with van der Waals surface area (Å²) < 4.78 is 13.5. The second kappa shape index (κ2) is 8.27. The lowest BCUT2D eigenvalue weighted by Crippen LogP contribution is -2.50. The van der Waals surface area contributed by atoms with Gasteiger partial charge in [0.15, 0.2) is 0 Å². The molecule has 0 aliphatic carbocycles. The number of hydrogen-bond donors (Lipinski definition) is 2. The third-order valence-corrected chi connectivity index (χ3v) is 6.13. The smallest absolute Gasteiger partial charge is 0.264 e. The molecular weight excluding hydrogens is 407 g/mol. The lowest BCUT2D eigenvalue weighted by Gasteiger charge is -2.34. The van der Waals surface area contributed by atoms with E-state index >= 15 is 0 Å². The number of aryl methyl sites for hydroxylation is 1. The van der Waals surface area contributed by atoms with E-state index in [0.29, 0.717) is 48.6 Å². The van der Waals surface area contributed by atoms with Crippen LogP contribution in [0.5, 0.6) is 0 Å². The molecular formula is C21H21FN4O3S. The van der Waals surface area contributed by atoms with Gasteiger partial charge in [0.2, 0.25) is 5.91 Å². The third kappa shape index (κ3) is 4.06. The van der Waals surface area contributed by atoms with Gasteiger partial charge in [-0.15, -0.1) is 11.3 Å². The normalized spacial score (nSPS) is 14.3. The van der Waals surface area contributed by atoms with Gasteiger partial charge in [0.05, 0.1) is 10.3 Å². The lowest BCUT2D eigenvalue weighted by atomic mass is 10.1. The minimum Gasteiger partial charge on any atom is -0.398 e. The number of aromatic amines is 1. The van der Waals surface area contributed by atoms with Crippen LogP contribution in [0.2, 0.25) is 0 Å². The molecule has 0 spiro atoms. The van der Waals surface area contributed by atoms with Gasteiger partial charge in [0.25, 0.3) is 11.5 Å². The Hall–Kier alpha value is -3.20. The first kappa shape index (κ1) is 20.1. The molecule has 2 aromatic heterocycles. The summed E-state index contributed by atoms with van der Waals surface area (Å²) in [6.45, 7) is 1.96. The molecule has 1 aliphatic rings. The van der Waals surface area contributed by atoms with Gasteiger partial charge >= 0.3 is 0 Å². The highest BCUT2D eigenvalue weighted by atomic mass is 32.1. The molecule has 3 heterocycles. The monoisotopic (exact) mass is 428 g/mol. The SMILES string of the molecule is Nc1cc(F)cc2c(=O)[nH]c(CCC(=O)N3CCN(C(=O)c4cccs4)CC3)cc12. The van der Waals surface area contributed by atoms with E-state index < -0.39 is 11.4 Å². The lowest BCUT2D eigenvalue weighted by molar-refractivity contribution is -0.132. The zero-order valence-electron chi connectivity index (χ0n) is 16.2. The fourth-order valence-corrected chi connectivity index (χ4v) is 4.35. The molecule has 3 N–H and O–H groups in total. The number of pyridine rings is 1. The molecule has 0 unspecified atom stereocenters. The minimum absolute atomic E-state index is 0.000127. The minimum atomic E-state index is -0.565. The maximum Gasteiger partial charge on any atom is 0.264 e. The molecule has 1 aliphatic heterocycles. The highest BCUT2D eigenvalue weighted by molar-refractivity contribution is 7.12. The number of rotatable bonds is 4. The van der Waals surface area contributed by atoms with Crippen molar-refractivity contribution in [3.63, 3.8) is 0 Å². The zero-order chi connectivity index (χ0) is 21.3. The number of aromatic nitrogens is 1. The summed E-state index contributed by atoms with van der Waals surface area (Å²) in [6.07, 6.45) is 0.566. The quantitative estimate of drug-likeness (QED) is 0.623. The average Bonchev–Trinajstić information content (AvgIpc) is 3.27. The Morgan fingerprint density at radius 2 is 1.83 bits per heavy atom. The maximum atomic E-state index is 13.5. The van der Waals surface area contributed by atoms with Crippen LogP contribution in [-0.4, -0.2) is 52.8 Å². The van der Waals surface area contributed by atoms with Crippen molar-refractivity contribution in [1.82, 2.24) is 14.8 Å². The number of amides is 2. The van der Waals surface area contributed by atoms with Crippen molar-refractivity contribution in [2.75, 3.05) is 31.9 Å². The van der Waals surface area contributed by atoms with Crippen LogP contribution >= 0.6 is 11.3 Å². The molecule has 1 saturated heterocycles. The van der Waals surface area contributed by atoms with Gasteiger partial charge in [-0.2, -0.15) is 0 Å². The predicted molar refractivity (Wildman–Crippen MR) is 114 cm³/mol. The molecule has 0 bridgehead atoms. The summed E-state index contributed by atoms with van der Waals surface area (Å²) >= 11 is 1.41. The Morgan fingerprint density at radius 3 is 2.53 bits per heavy atom. The van der Waals surface area contributed by atoms with E-state index in [4.69, 9.17) is 5.73 Å². The van der Waals surface area contributed by atoms with Crippen LogP contribution in [0.25, 0.3) is 10.8 Å². The summed E-state index contributed by atoms with van der Waals surface area (Å²) in [6, 6.07) is 7.66. The van der Waals surface area contributed by atoms with E-state index in [1.165, 1.54) is 17.4 Å². The summed E-state index contributed by atoms with van der Waals surface area (Å²) in [5, 5.41) is 2.53. The molecule has 2 amide bonds. The number of fused-ring (bicyclic) bond motifs is 1. The molecule has 30 heavy (non-hydrogen) atoms. The standard InChI is InChI=1S/C21H21FN4O3S/c22-13-10-16-15(17(23)11-13)12-14(24-20(16)28)3-4-19(27)25-5-7-26(8-6-25)21(29)18-2-1-9-30-18/h1-2,9-12H,3-8,23H2,(H,24,28). The Morgan fingerprint density at radius 1 is 1.10 bits per heavy atom. The second-order valence-corrected chi connectivity index (χ2v) is 8.18. The van der Waals surface area contributed by atoms with Crippen LogP contribution < -0.4 is 11.3 Å². The van der Waals surface area contributed by atoms with Gasteiger partial charge in [-0.05, 0) is 36.1 Å². The van der Waals surface area contributed by atoms with Crippen LogP contribution in [0, 0.1) is 5.82 Å². The fourth-order valence-electron chi connectivity index (χ4n) is 3.66. The number of piperazine rings is 1. The van der Waals surface area contributed by atoms with E-state index in [0.717, 1.165) is 6.07 Å². The van der Waals surface area contributed by atoms with Crippen molar-refractivity contribution in [3.8, 4) is 0 Å². The van der Waals surface area contributed by atoms with Gasteiger partial charge in [-0.1, -0.05) is 6.07 Å². The van der Waals surface area contributed by atoms with Crippen LogP contribution in [0.1, 0.15) is 21.8 Å². The van der Waals surface area contributed by atoms with E-state index in [1.54, 1.807) is 21.9 Å². The Balaban J connectivity index is 1.36. The number of nitrogens with one attached hydrogen (secondary N) is 1. The molecule has 0 atom stereocenters. The van der Waals surface area contributed by atoms with Crippen molar-refractivity contribution in [1.29, 1.82) is 0 Å².